The molecule has 1 rings (SSSR count). The Labute approximate surface area is 116 Å². The van der Waals surface area contributed by atoms with Crippen molar-refractivity contribution >= 4 is 6.09 Å². The van der Waals surface area contributed by atoms with E-state index in [1.54, 1.807) is 4.90 Å². The molecule has 108 valence electrons. The second kappa shape index (κ2) is 6.27. The first-order valence-electron chi connectivity index (χ1n) is 7.12. The van der Waals surface area contributed by atoms with Crippen molar-refractivity contribution < 1.29 is 9.53 Å². The van der Waals surface area contributed by atoms with Gasteiger partial charge in [-0.15, -0.1) is 0 Å². The van der Waals surface area contributed by atoms with Crippen LogP contribution in [0.25, 0.3) is 0 Å². The van der Waals surface area contributed by atoms with Crippen LogP contribution in [-0.2, 0) is 4.74 Å². The Hall–Kier alpha value is -1.24. The molecule has 4 nitrogen and oxygen atoms in total. The van der Waals surface area contributed by atoms with Crippen molar-refractivity contribution in [2.75, 3.05) is 13.1 Å². The molecule has 0 aliphatic carbocycles. The van der Waals surface area contributed by atoms with E-state index < -0.39 is 5.60 Å². The zero-order valence-corrected chi connectivity index (χ0v) is 12.8. The van der Waals surface area contributed by atoms with E-state index in [1.807, 2.05) is 20.8 Å². The van der Waals surface area contributed by atoms with Crippen molar-refractivity contribution in [3.63, 3.8) is 0 Å². The van der Waals surface area contributed by atoms with Gasteiger partial charge in [0.2, 0.25) is 0 Å². The average Bonchev–Trinajstić information content (AvgIpc) is 2.27. The van der Waals surface area contributed by atoms with Crippen LogP contribution in [0, 0.1) is 29.1 Å². The maximum Gasteiger partial charge on any atom is 0.410 e. The fourth-order valence-corrected chi connectivity index (χ4v) is 2.59. The van der Waals surface area contributed by atoms with Gasteiger partial charge in [-0.25, -0.2) is 4.79 Å². The van der Waals surface area contributed by atoms with E-state index in [1.165, 1.54) is 0 Å². The van der Waals surface area contributed by atoms with Crippen molar-refractivity contribution in [3.8, 4) is 6.07 Å². The van der Waals surface area contributed by atoms with Crippen molar-refractivity contribution in [3.05, 3.63) is 0 Å². The summed E-state index contributed by atoms with van der Waals surface area (Å²) in [6.45, 7) is 11.1. The van der Waals surface area contributed by atoms with Gasteiger partial charge in [-0.1, -0.05) is 13.8 Å². The summed E-state index contributed by atoms with van der Waals surface area (Å²) in [4.78, 5) is 13.8. The summed E-state index contributed by atoms with van der Waals surface area (Å²) < 4.78 is 5.40. The number of rotatable bonds is 2. The van der Waals surface area contributed by atoms with Gasteiger partial charge in [-0.3, -0.25) is 0 Å². The number of ether oxygens (including phenoxy) is 1. The third kappa shape index (κ3) is 4.74. The van der Waals surface area contributed by atoms with Gasteiger partial charge >= 0.3 is 6.09 Å². The molecule has 2 unspecified atom stereocenters. The highest BCUT2D eigenvalue weighted by Gasteiger charge is 2.32. The van der Waals surface area contributed by atoms with Crippen LogP contribution >= 0.6 is 0 Å². The van der Waals surface area contributed by atoms with Crippen LogP contribution in [0.3, 0.4) is 0 Å². The minimum Gasteiger partial charge on any atom is -0.444 e. The summed E-state index contributed by atoms with van der Waals surface area (Å²) >= 11 is 0. The molecule has 4 heteroatoms. The summed E-state index contributed by atoms with van der Waals surface area (Å²) in [5.41, 5.74) is -0.462. The molecule has 1 amide bonds. The molecular weight excluding hydrogens is 240 g/mol. The molecular formula is C15H26N2O2. The van der Waals surface area contributed by atoms with Crippen LogP contribution in [-0.4, -0.2) is 29.7 Å². The summed E-state index contributed by atoms with van der Waals surface area (Å²) in [5, 5.41) is 9.28. The number of carbonyl (C=O) groups is 1. The van der Waals surface area contributed by atoms with E-state index in [9.17, 15) is 10.1 Å². The average molecular weight is 266 g/mol. The van der Waals surface area contributed by atoms with E-state index in [4.69, 9.17) is 4.74 Å². The highest BCUT2D eigenvalue weighted by molar-refractivity contribution is 5.68. The SMILES string of the molecule is CC(C)C(C#N)C1CCCN(C(=O)OC(C)(C)C)C1. The predicted molar refractivity (Wildman–Crippen MR) is 74.5 cm³/mol. The summed E-state index contributed by atoms with van der Waals surface area (Å²) in [6.07, 6.45) is 1.72. The molecule has 1 aliphatic heterocycles. The molecule has 1 fully saturated rings. The fourth-order valence-electron chi connectivity index (χ4n) is 2.59. The predicted octanol–water partition coefficient (Wildman–Crippen LogP) is 3.43. The Morgan fingerprint density at radius 3 is 2.53 bits per heavy atom. The van der Waals surface area contributed by atoms with Crippen LogP contribution in [0.4, 0.5) is 4.79 Å². The lowest BCUT2D eigenvalue weighted by molar-refractivity contribution is 0.0132. The zero-order valence-electron chi connectivity index (χ0n) is 12.8. The largest absolute Gasteiger partial charge is 0.444 e. The van der Waals surface area contributed by atoms with E-state index in [-0.39, 0.29) is 17.9 Å². The van der Waals surface area contributed by atoms with Crippen molar-refractivity contribution in [2.24, 2.45) is 17.8 Å². The number of hydrogen-bond acceptors (Lipinski definition) is 3. The number of nitriles is 1. The molecule has 0 aromatic carbocycles. The van der Waals surface area contributed by atoms with Gasteiger partial charge in [0, 0.05) is 13.1 Å². The number of likely N-dealkylation sites (tertiary alicyclic amines) is 1. The standard InChI is InChI=1S/C15H26N2O2/c1-11(2)13(9-16)12-7-6-8-17(10-12)14(18)19-15(3,4)5/h11-13H,6-8,10H2,1-5H3. The first-order chi connectivity index (χ1) is 8.74. The Balaban J connectivity index is 2.64. The van der Waals surface area contributed by atoms with E-state index in [0.29, 0.717) is 12.5 Å². The lowest BCUT2D eigenvalue weighted by Gasteiger charge is -2.36. The highest BCUT2D eigenvalue weighted by Crippen LogP contribution is 2.29. The highest BCUT2D eigenvalue weighted by atomic mass is 16.6. The van der Waals surface area contributed by atoms with E-state index in [0.717, 1.165) is 19.4 Å². The smallest absolute Gasteiger partial charge is 0.410 e. The maximum atomic E-state index is 12.1. The number of nitrogens with zero attached hydrogens (tertiary/aromatic N) is 2. The molecule has 1 saturated heterocycles. The number of amides is 1. The number of piperidine rings is 1. The Kier molecular flexibility index (Phi) is 5.22. The summed E-state index contributed by atoms with van der Waals surface area (Å²) in [6, 6.07) is 2.40. The first-order valence-corrected chi connectivity index (χ1v) is 7.12. The van der Waals surface area contributed by atoms with Crippen molar-refractivity contribution in [1.29, 1.82) is 5.26 Å². The molecule has 1 heterocycles. The van der Waals surface area contributed by atoms with E-state index >= 15 is 0 Å². The monoisotopic (exact) mass is 266 g/mol. The quantitative estimate of drug-likeness (QED) is 0.769. The third-order valence-corrected chi connectivity index (χ3v) is 3.48. The van der Waals surface area contributed by atoms with Gasteiger partial charge in [0.05, 0.1) is 12.0 Å². The molecule has 1 aliphatic rings. The topological polar surface area (TPSA) is 53.3 Å². The Morgan fingerprint density at radius 1 is 1.42 bits per heavy atom. The van der Waals surface area contributed by atoms with Gasteiger partial charge < -0.3 is 9.64 Å². The van der Waals surface area contributed by atoms with Gasteiger partial charge in [0.15, 0.2) is 0 Å². The first kappa shape index (κ1) is 15.8. The number of hydrogen-bond donors (Lipinski definition) is 0. The summed E-state index contributed by atoms with van der Waals surface area (Å²) in [5.74, 6) is 0.616. The van der Waals surface area contributed by atoms with Crippen molar-refractivity contribution in [1.82, 2.24) is 4.90 Å². The molecule has 0 N–H and O–H groups in total. The minimum atomic E-state index is -0.462. The van der Waals surface area contributed by atoms with Crippen LogP contribution in [0.2, 0.25) is 0 Å². The number of carbonyl (C=O) groups excluding carboxylic acids is 1. The normalized spacial score (nSPS) is 21.9. The molecule has 0 saturated carbocycles. The molecule has 19 heavy (non-hydrogen) atoms. The fraction of sp³-hybridized carbons (Fsp3) is 0.867. The van der Waals surface area contributed by atoms with Gasteiger partial charge in [0.25, 0.3) is 0 Å². The Bertz CT molecular complexity index is 352. The van der Waals surface area contributed by atoms with E-state index in [2.05, 4.69) is 19.9 Å². The van der Waals surface area contributed by atoms with Crippen molar-refractivity contribution in [2.45, 2.75) is 53.1 Å². The van der Waals surface area contributed by atoms with Crippen LogP contribution in [0.15, 0.2) is 0 Å². The molecule has 0 spiro atoms. The van der Waals surface area contributed by atoms with Crippen LogP contribution in [0.5, 0.6) is 0 Å². The lowest BCUT2D eigenvalue weighted by Crippen LogP contribution is -2.44. The molecule has 0 bridgehead atoms. The molecule has 0 aromatic rings. The molecule has 0 radical (unpaired) electrons. The zero-order chi connectivity index (χ0) is 14.6. The van der Waals surface area contributed by atoms with Gasteiger partial charge in [-0.05, 0) is 45.4 Å². The van der Waals surface area contributed by atoms with Crippen LogP contribution < -0.4 is 0 Å². The summed E-state index contributed by atoms with van der Waals surface area (Å²) in [7, 11) is 0. The second-order valence-electron chi connectivity index (χ2n) is 6.73. The third-order valence-electron chi connectivity index (χ3n) is 3.48. The lowest BCUT2D eigenvalue weighted by atomic mass is 9.80. The molecule has 2 atom stereocenters. The second-order valence-corrected chi connectivity index (χ2v) is 6.73. The molecule has 0 aromatic heterocycles. The minimum absolute atomic E-state index is 0.0187. The maximum absolute atomic E-state index is 12.1. The van der Waals surface area contributed by atoms with Gasteiger partial charge in [0.1, 0.15) is 5.60 Å². The van der Waals surface area contributed by atoms with Gasteiger partial charge in [-0.2, -0.15) is 5.26 Å². The Morgan fingerprint density at radius 2 is 2.05 bits per heavy atom. The van der Waals surface area contributed by atoms with Crippen LogP contribution in [0.1, 0.15) is 47.5 Å².